The number of amides is 1. The lowest BCUT2D eigenvalue weighted by molar-refractivity contribution is -0.112. The Kier molecular flexibility index (Phi) is 6.62. The van der Waals surface area contributed by atoms with Gasteiger partial charge in [-0.25, -0.2) is 0 Å². The van der Waals surface area contributed by atoms with Gasteiger partial charge in [-0.3, -0.25) is 4.79 Å². The van der Waals surface area contributed by atoms with E-state index in [1.807, 2.05) is 25.1 Å². The Labute approximate surface area is 109 Å². The van der Waals surface area contributed by atoms with E-state index in [-0.39, 0.29) is 5.91 Å². The van der Waals surface area contributed by atoms with Gasteiger partial charge in [-0.15, -0.1) is 0 Å². The van der Waals surface area contributed by atoms with Gasteiger partial charge in [-0.1, -0.05) is 31.5 Å². The summed E-state index contributed by atoms with van der Waals surface area (Å²) >= 11 is 0. The van der Waals surface area contributed by atoms with Crippen molar-refractivity contribution in [2.24, 2.45) is 0 Å². The number of ether oxygens (including phenoxy) is 1. The molecular weight excluding hydrogens is 226 g/mol. The Morgan fingerprint density at radius 3 is 2.83 bits per heavy atom. The van der Waals surface area contributed by atoms with Crippen LogP contribution in [0.1, 0.15) is 32.3 Å². The maximum absolute atomic E-state index is 11.6. The van der Waals surface area contributed by atoms with Crippen molar-refractivity contribution in [3.8, 4) is 0 Å². The molecule has 0 spiro atoms. The summed E-state index contributed by atoms with van der Waals surface area (Å²) < 4.78 is 5.00. The van der Waals surface area contributed by atoms with Crippen LogP contribution in [0.2, 0.25) is 0 Å². The Morgan fingerprint density at radius 1 is 1.33 bits per heavy atom. The van der Waals surface area contributed by atoms with Crippen molar-refractivity contribution in [2.75, 3.05) is 11.9 Å². The normalized spacial score (nSPS) is 10.6. The van der Waals surface area contributed by atoms with Crippen LogP contribution < -0.4 is 5.32 Å². The molecule has 1 aromatic carbocycles. The van der Waals surface area contributed by atoms with Crippen LogP contribution in [0.3, 0.4) is 0 Å². The first-order valence-electron chi connectivity index (χ1n) is 6.45. The van der Waals surface area contributed by atoms with E-state index in [0.29, 0.717) is 6.61 Å². The molecule has 0 aliphatic rings. The fourth-order valence-electron chi connectivity index (χ4n) is 1.61. The second-order valence-corrected chi connectivity index (χ2v) is 4.01. The number of hydrogen-bond acceptors (Lipinski definition) is 2. The fourth-order valence-corrected chi connectivity index (χ4v) is 1.61. The first-order valence-corrected chi connectivity index (χ1v) is 6.45. The van der Waals surface area contributed by atoms with Crippen molar-refractivity contribution in [1.82, 2.24) is 0 Å². The second kappa shape index (κ2) is 8.34. The quantitative estimate of drug-likeness (QED) is 0.591. The maximum Gasteiger partial charge on any atom is 0.251 e. The van der Waals surface area contributed by atoms with Crippen LogP contribution in [-0.4, -0.2) is 12.5 Å². The molecule has 0 saturated heterocycles. The van der Waals surface area contributed by atoms with Crippen molar-refractivity contribution >= 4 is 11.6 Å². The minimum Gasteiger partial charge on any atom is -0.501 e. The number of hydrogen-bond donors (Lipinski definition) is 1. The van der Waals surface area contributed by atoms with Gasteiger partial charge in [0, 0.05) is 11.8 Å². The number of aryl methyl sites for hydroxylation is 1. The minimum absolute atomic E-state index is 0.160. The van der Waals surface area contributed by atoms with Gasteiger partial charge >= 0.3 is 0 Å². The molecule has 0 unspecified atom stereocenters. The van der Waals surface area contributed by atoms with Crippen molar-refractivity contribution in [3.05, 3.63) is 42.2 Å². The summed E-state index contributed by atoms with van der Waals surface area (Å²) in [6.07, 6.45) is 6.08. The van der Waals surface area contributed by atoms with E-state index in [1.54, 1.807) is 0 Å². The molecule has 18 heavy (non-hydrogen) atoms. The molecular formula is C15H21NO2. The highest BCUT2D eigenvalue weighted by Crippen LogP contribution is 2.17. The van der Waals surface area contributed by atoms with E-state index < -0.39 is 0 Å². The highest BCUT2D eigenvalue weighted by molar-refractivity contribution is 5.99. The lowest BCUT2D eigenvalue weighted by Crippen LogP contribution is -2.10. The molecule has 0 radical (unpaired) electrons. The molecule has 1 rings (SSSR count). The third-order valence-electron chi connectivity index (χ3n) is 2.56. The molecule has 0 aliphatic heterocycles. The van der Waals surface area contributed by atoms with Gasteiger partial charge in [-0.2, -0.15) is 0 Å². The van der Waals surface area contributed by atoms with Crippen LogP contribution in [0.15, 0.2) is 36.6 Å². The van der Waals surface area contributed by atoms with Crippen molar-refractivity contribution in [3.63, 3.8) is 0 Å². The van der Waals surface area contributed by atoms with Crippen LogP contribution in [0.5, 0.6) is 0 Å². The topological polar surface area (TPSA) is 38.3 Å². The molecule has 0 aromatic heterocycles. The van der Waals surface area contributed by atoms with Gasteiger partial charge in [0.05, 0.1) is 12.9 Å². The lowest BCUT2D eigenvalue weighted by Gasteiger charge is -2.09. The highest BCUT2D eigenvalue weighted by Gasteiger charge is 2.03. The average Bonchev–Trinajstić information content (AvgIpc) is 2.38. The molecule has 1 N–H and O–H groups in total. The first-order chi connectivity index (χ1) is 8.77. The molecule has 0 atom stereocenters. The number of nitrogens with one attached hydrogen (secondary N) is 1. The zero-order chi connectivity index (χ0) is 13.2. The summed E-state index contributed by atoms with van der Waals surface area (Å²) in [5.41, 5.74) is 2.06. The molecule has 0 fully saturated rings. The van der Waals surface area contributed by atoms with E-state index >= 15 is 0 Å². The van der Waals surface area contributed by atoms with Gasteiger partial charge < -0.3 is 10.1 Å². The van der Waals surface area contributed by atoms with Crippen LogP contribution in [-0.2, 0) is 16.0 Å². The molecule has 0 aliphatic carbocycles. The summed E-state index contributed by atoms with van der Waals surface area (Å²) in [6, 6.07) is 7.91. The van der Waals surface area contributed by atoms with E-state index in [2.05, 4.69) is 18.3 Å². The predicted octanol–water partition coefficient (Wildman–Crippen LogP) is 3.52. The third-order valence-corrected chi connectivity index (χ3v) is 2.56. The Morgan fingerprint density at radius 2 is 2.11 bits per heavy atom. The summed E-state index contributed by atoms with van der Waals surface area (Å²) in [7, 11) is 0. The number of unbranched alkanes of at least 4 members (excludes halogenated alkanes) is 1. The predicted molar refractivity (Wildman–Crippen MR) is 74.4 cm³/mol. The summed E-state index contributed by atoms with van der Waals surface area (Å²) in [4.78, 5) is 11.6. The number of para-hydroxylation sites is 1. The summed E-state index contributed by atoms with van der Waals surface area (Å²) in [6.45, 7) is 4.60. The zero-order valence-corrected chi connectivity index (χ0v) is 11.1. The van der Waals surface area contributed by atoms with E-state index in [9.17, 15) is 4.79 Å². The van der Waals surface area contributed by atoms with Crippen LogP contribution >= 0.6 is 0 Å². The third kappa shape index (κ3) is 5.04. The van der Waals surface area contributed by atoms with Crippen molar-refractivity contribution in [2.45, 2.75) is 33.1 Å². The highest BCUT2D eigenvalue weighted by atomic mass is 16.5. The number of carbonyl (C=O) groups excluding carboxylic acids is 1. The number of carbonyl (C=O) groups is 1. The molecule has 3 nitrogen and oxygen atoms in total. The second-order valence-electron chi connectivity index (χ2n) is 4.01. The molecule has 3 heteroatoms. The number of anilines is 1. The molecule has 0 bridgehead atoms. The maximum atomic E-state index is 11.6. The largest absolute Gasteiger partial charge is 0.501 e. The molecule has 98 valence electrons. The van der Waals surface area contributed by atoms with Crippen LogP contribution in [0, 0.1) is 0 Å². The standard InChI is InChI=1S/C15H21NO2/c1-3-5-8-13-9-6-7-10-14(13)16-15(17)11-12-18-4-2/h6-7,9-12H,3-5,8H2,1-2H3,(H,16,17). The molecule has 1 aromatic rings. The zero-order valence-electron chi connectivity index (χ0n) is 11.1. The Balaban J connectivity index is 2.62. The lowest BCUT2D eigenvalue weighted by atomic mass is 10.1. The monoisotopic (exact) mass is 247 g/mol. The number of rotatable bonds is 7. The van der Waals surface area contributed by atoms with E-state index in [1.165, 1.54) is 17.9 Å². The van der Waals surface area contributed by atoms with Crippen molar-refractivity contribution in [1.29, 1.82) is 0 Å². The average molecular weight is 247 g/mol. The smallest absolute Gasteiger partial charge is 0.251 e. The minimum atomic E-state index is -0.160. The number of benzene rings is 1. The molecule has 1 amide bonds. The van der Waals surface area contributed by atoms with E-state index in [4.69, 9.17) is 4.74 Å². The summed E-state index contributed by atoms with van der Waals surface area (Å²) in [5.74, 6) is -0.160. The van der Waals surface area contributed by atoms with Gasteiger partial charge in [0.1, 0.15) is 0 Å². The van der Waals surface area contributed by atoms with Crippen LogP contribution in [0.4, 0.5) is 5.69 Å². The van der Waals surface area contributed by atoms with Crippen LogP contribution in [0.25, 0.3) is 0 Å². The Hall–Kier alpha value is -1.77. The van der Waals surface area contributed by atoms with Gasteiger partial charge in [-0.05, 0) is 31.4 Å². The first kappa shape index (κ1) is 14.3. The van der Waals surface area contributed by atoms with Gasteiger partial charge in [0.25, 0.3) is 5.91 Å². The van der Waals surface area contributed by atoms with E-state index in [0.717, 1.165) is 24.9 Å². The fraction of sp³-hybridized carbons (Fsp3) is 0.400. The summed E-state index contributed by atoms with van der Waals surface area (Å²) in [5, 5.41) is 2.87. The molecule has 0 saturated carbocycles. The Bertz CT molecular complexity index is 399. The SMILES string of the molecule is CCCCc1ccccc1NC(=O)C=COCC. The molecule has 0 heterocycles. The van der Waals surface area contributed by atoms with Gasteiger partial charge in [0.15, 0.2) is 0 Å². The van der Waals surface area contributed by atoms with Crippen molar-refractivity contribution < 1.29 is 9.53 Å². The van der Waals surface area contributed by atoms with Gasteiger partial charge in [0.2, 0.25) is 0 Å².